The summed E-state index contributed by atoms with van der Waals surface area (Å²) in [5, 5.41) is 2.70. The van der Waals surface area contributed by atoms with Crippen molar-refractivity contribution >= 4 is 11.8 Å². The molecule has 2 heterocycles. The Morgan fingerprint density at radius 2 is 2.40 bits per heavy atom. The van der Waals surface area contributed by atoms with Gasteiger partial charge in [-0.25, -0.2) is 0 Å². The molecule has 2 rings (SSSR count). The molecule has 84 valence electrons. The SMILES string of the molecule is C[C@H]1COCCN1C(=O)[C@H]1CCC(=O)N1. The second-order valence-corrected chi connectivity index (χ2v) is 4.11. The van der Waals surface area contributed by atoms with E-state index in [0.29, 0.717) is 32.6 Å². The molecule has 1 N–H and O–H groups in total. The zero-order chi connectivity index (χ0) is 10.8. The number of carbonyl (C=O) groups excluding carboxylic acids is 2. The Balaban J connectivity index is 1.97. The summed E-state index contributed by atoms with van der Waals surface area (Å²) in [5.41, 5.74) is 0. The molecule has 2 amide bonds. The lowest BCUT2D eigenvalue weighted by Crippen LogP contribution is -2.53. The normalized spacial score (nSPS) is 31.5. The van der Waals surface area contributed by atoms with E-state index in [0.717, 1.165) is 0 Å². The van der Waals surface area contributed by atoms with Crippen molar-refractivity contribution in [2.24, 2.45) is 0 Å². The molecule has 2 aliphatic rings. The molecule has 0 spiro atoms. The smallest absolute Gasteiger partial charge is 0.245 e. The van der Waals surface area contributed by atoms with Gasteiger partial charge in [-0.15, -0.1) is 0 Å². The first-order valence-corrected chi connectivity index (χ1v) is 5.36. The van der Waals surface area contributed by atoms with E-state index in [1.54, 1.807) is 4.90 Å². The fourth-order valence-corrected chi connectivity index (χ4v) is 2.05. The third-order valence-electron chi connectivity index (χ3n) is 2.94. The summed E-state index contributed by atoms with van der Waals surface area (Å²) in [6, 6.07) is -0.193. The first-order chi connectivity index (χ1) is 7.18. The molecule has 0 aromatic rings. The van der Waals surface area contributed by atoms with Crippen molar-refractivity contribution in [2.45, 2.75) is 31.8 Å². The molecule has 0 radical (unpaired) electrons. The van der Waals surface area contributed by atoms with Gasteiger partial charge in [0, 0.05) is 13.0 Å². The lowest BCUT2D eigenvalue weighted by Gasteiger charge is -2.34. The number of carbonyl (C=O) groups is 2. The van der Waals surface area contributed by atoms with Crippen LogP contribution in [0.2, 0.25) is 0 Å². The minimum Gasteiger partial charge on any atom is -0.377 e. The van der Waals surface area contributed by atoms with Crippen LogP contribution in [0.15, 0.2) is 0 Å². The average molecular weight is 212 g/mol. The second kappa shape index (κ2) is 4.18. The molecular formula is C10H16N2O3. The number of amides is 2. The summed E-state index contributed by atoms with van der Waals surface area (Å²) < 4.78 is 5.26. The first-order valence-electron chi connectivity index (χ1n) is 5.36. The second-order valence-electron chi connectivity index (χ2n) is 4.11. The van der Waals surface area contributed by atoms with E-state index < -0.39 is 0 Å². The topological polar surface area (TPSA) is 58.6 Å². The van der Waals surface area contributed by atoms with Crippen LogP contribution in [0.3, 0.4) is 0 Å². The Labute approximate surface area is 88.8 Å². The fraction of sp³-hybridized carbons (Fsp3) is 0.800. The van der Waals surface area contributed by atoms with Crippen LogP contribution in [0.1, 0.15) is 19.8 Å². The lowest BCUT2D eigenvalue weighted by atomic mass is 10.1. The van der Waals surface area contributed by atoms with E-state index in [1.807, 2.05) is 6.92 Å². The maximum atomic E-state index is 12.0. The third kappa shape index (κ3) is 2.12. The summed E-state index contributed by atoms with van der Waals surface area (Å²) >= 11 is 0. The molecule has 5 heteroatoms. The van der Waals surface area contributed by atoms with E-state index in [2.05, 4.69) is 5.32 Å². The minimum atomic E-state index is -0.307. The highest BCUT2D eigenvalue weighted by molar-refractivity contribution is 5.91. The maximum Gasteiger partial charge on any atom is 0.245 e. The van der Waals surface area contributed by atoms with Gasteiger partial charge >= 0.3 is 0 Å². The van der Waals surface area contributed by atoms with Crippen LogP contribution in [0.5, 0.6) is 0 Å². The fourth-order valence-electron chi connectivity index (χ4n) is 2.05. The molecule has 0 aromatic heterocycles. The molecule has 0 unspecified atom stereocenters. The van der Waals surface area contributed by atoms with Crippen molar-refractivity contribution in [3.63, 3.8) is 0 Å². The van der Waals surface area contributed by atoms with Gasteiger partial charge in [0.15, 0.2) is 0 Å². The van der Waals surface area contributed by atoms with Gasteiger partial charge in [-0.1, -0.05) is 0 Å². The number of hydrogen-bond donors (Lipinski definition) is 1. The molecule has 2 saturated heterocycles. The Morgan fingerprint density at radius 3 is 3.00 bits per heavy atom. The summed E-state index contributed by atoms with van der Waals surface area (Å²) in [4.78, 5) is 24.8. The quantitative estimate of drug-likeness (QED) is 0.638. The molecule has 2 fully saturated rings. The Morgan fingerprint density at radius 1 is 1.60 bits per heavy atom. The molecule has 0 aliphatic carbocycles. The van der Waals surface area contributed by atoms with Crippen molar-refractivity contribution in [3.05, 3.63) is 0 Å². The van der Waals surface area contributed by atoms with Crippen LogP contribution >= 0.6 is 0 Å². The summed E-state index contributed by atoms with van der Waals surface area (Å²) in [7, 11) is 0. The summed E-state index contributed by atoms with van der Waals surface area (Å²) in [6.45, 7) is 3.78. The highest BCUT2D eigenvalue weighted by Gasteiger charge is 2.33. The van der Waals surface area contributed by atoms with Gasteiger partial charge in [0.25, 0.3) is 0 Å². The van der Waals surface area contributed by atoms with Crippen molar-refractivity contribution in [3.8, 4) is 0 Å². The van der Waals surface area contributed by atoms with Gasteiger partial charge in [0.2, 0.25) is 11.8 Å². The molecule has 2 atom stereocenters. The molecular weight excluding hydrogens is 196 g/mol. The predicted octanol–water partition coefficient (Wildman–Crippen LogP) is -0.488. The maximum absolute atomic E-state index is 12.0. The van der Waals surface area contributed by atoms with Gasteiger partial charge in [0.05, 0.1) is 19.3 Å². The highest BCUT2D eigenvalue weighted by atomic mass is 16.5. The minimum absolute atomic E-state index is 0.0192. The first kappa shape index (κ1) is 10.4. The number of rotatable bonds is 1. The zero-order valence-electron chi connectivity index (χ0n) is 8.86. The van der Waals surface area contributed by atoms with Gasteiger partial charge < -0.3 is 15.0 Å². The number of nitrogens with one attached hydrogen (secondary N) is 1. The number of ether oxygens (including phenoxy) is 1. The Bertz CT molecular complexity index is 280. The van der Waals surface area contributed by atoms with Crippen LogP contribution < -0.4 is 5.32 Å². The number of morpholine rings is 1. The van der Waals surface area contributed by atoms with E-state index in [-0.39, 0.29) is 23.9 Å². The molecule has 2 aliphatic heterocycles. The van der Waals surface area contributed by atoms with Crippen LogP contribution in [0.4, 0.5) is 0 Å². The van der Waals surface area contributed by atoms with E-state index in [9.17, 15) is 9.59 Å². The molecule has 0 saturated carbocycles. The standard InChI is InChI=1S/C10H16N2O3/c1-7-6-15-5-4-12(7)10(14)8-2-3-9(13)11-8/h7-8H,2-6H2,1H3,(H,11,13)/t7-,8+/m0/s1. The van der Waals surface area contributed by atoms with Gasteiger partial charge in [0.1, 0.15) is 6.04 Å². The van der Waals surface area contributed by atoms with Gasteiger partial charge in [-0.3, -0.25) is 9.59 Å². The van der Waals surface area contributed by atoms with Crippen molar-refractivity contribution in [1.29, 1.82) is 0 Å². The van der Waals surface area contributed by atoms with Gasteiger partial charge in [-0.2, -0.15) is 0 Å². The molecule has 0 aromatic carbocycles. The van der Waals surface area contributed by atoms with Crippen molar-refractivity contribution in [2.75, 3.05) is 19.8 Å². The van der Waals surface area contributed by atoms with E-state index in [4.69, 9.17) is 4.74 Å². The zero-order valence-corrected chi connectivity index (χ0v) is 8.86. The lowest BCUT2D eigenvalue weighted by molar-refractivity contribution is -0.141. The predicted molar refractivity (Wildman–Crippen MR) is 53.2 cm³/mol. The van der Waals surface area contributed by atoms with Crippen molar-refractivity contribution < 1.29 is 14.3 Å². The Kier molecular flexibility index (Phi) is 2.90. The van der Waals surface area contributed by atoms with E-state index >= 15 is 0 Å². The van der Waals surface area contributed by atoms with Crippen LogP contribution in [0, 0.1) is 0 Å². The summed E-state index contributed by atoms with van der Waals surface area (Å²) in [5.74, 6) is 0.0194. The summed E-state index contributed by atoms with van der Waals surface area (Å²) in [6.07, 6.45) is 1.09. The number of hydrogen-bond acceptors (Lipinski definition) is 3. The Hall–Kier alpha value is -1.10. The highest BCUT2D eigenvalue weighted by Crippen LogP contribution is 2.14. The third-order valence-corrected chi connectivity index (χ3v) is 2.94. The van der Waals surface area contributed by atoms with Crippen LogP contribution in [-0.2, 0) is 14.3 Å². The average Bonchev–Trinajstić information content (AvgIpc) is 2.65. The van der Waals surface area contributed by atoms with E-state index in [1.165, 1.54) is 0 Å². The van der Waals surface area contributed by atoms with Crippen LogP contribution in [-0.4, -0.2) is 48.6 Å². The monoisotopic (exact) mass is 212 g/mol. The van der Waals surface area contributed by atoms with Crippen LogP contribution in [0.25, 0.3) is 0 Å². The number of nitrogens with zero attached hydrogens (tertiary/aromatic N) is 1. The molecule has 15 heavy (non-hydrogen) atoms. The largest absolute Gasteiger partial charge is 0.377 e. The van der Waals surface area contributed by atoms with Gasteiger partial charge in [-0.05, 0) is 13.3 Å². The van der Waals surface area contributed by atoms with Crippen molar-refractivity contribution in [1.82, 2.24) is 10.2 Å². The molecule has 5 nitrogen and oxygen atoms in total. The molecule has 0 bridgehead atoms.